The topological polar surface area (TPSA) is 91.6 Å². The van der Waals surface area contributed by atoms with Gasteiger partial charge in [0, 0.05) is 32.7 Å². The number of aromatic nitrogens is 3. The number of benzene rings is 1. The monoisotopic (exact) mass is 383 g/mol. The Kier molecular flexibility index (Phi) is 5.26. The molecule has 1 unspecified atom stereocenters. The summed E-state index contributed by atoms with van der Waals surface area (Å²) in [6.45, 7) is 5.68. The van der Waals surface area contributed by atoms with E-state index in [1.54, 1.807) is 6.92 Å². The minimum atomic E-state index is -3.65. The number of sulfonamides is 1. The van der Waals surface area contributed by atoms with Crippen LogP contribution in [0.3, 0.4) is 0 Å². The maximum Gasteiger partial charge on any atom is 0.243 e. The standard InChI is InChI=1S/C16H22FN5O3S/c1-3-22-15(12(2)23)18-19-16(22)20-8-10-21(11-9-20)26(24,25)14-6-4-13(17)5-7-14/h4-7,12,23H,3,8-11H2,1-2H3. The molecule has 142 valence electrons. The van der Waals surface area contributed by atoms with Crippen LogP contribution in [0.15, 0.2) is 29.2 Å². The van der Waals surface area contributed by atoms with E-state index in [1.165, 1.54) is 16.4 Å². The first-order valence-corrected chi connectivity index (χ1v) is 9.90. The van der Waals surface area contributed by atoms with E-state index in [0.717, 1.165) is 12.1 Å². The van der Waals surface area contributed by atoms with Gasteiger partial charge in [-0.3, -0.25) is 4.57 Å². The summed E-state index contributed by atoms with van der Waals surface area (Å²) < 4.78 is 41.6. The molecule has 0 saturated carbocycles. The molecular weight excluding hydrogens is 361 g/mol. The van der Waals surface area contributed by atoms with E-state index < -0.39 is 21.9 Å². The molecule has 1 aromatic carbocycles. The maximum atomic E-state index is 13.0. The summed E-state index contributed by atoms with van der Waals surface area (Å²) >= 11 is 0. The van der Waals surface area contributed by atoms with E-state index >= 15 is 0 Å². The number of hydrogen-bond donors (Lipinski definition) is 1. The van der Waals surface area contributed by atoms with Crippen LogP contribution in [0.4, 0.5) is 10.3 Å². The first-order valence-electron chi connectivity index (χ1n) is 8.46. The summed E-state index contributed by atoms with van der Waals surface area (Å²) in [6, 6.07) is 4.84. The highest BCUT2D eigenvalue weighted by Crippen LogP contribution is 2.22. The van der Waals surface area contributed by atoms with Crippen molar-refractivity contribution in [2.75, 3.05) is 31.1 Å². The third-order valence-corrected chi connectivity index (χ3v) is 6.34. The van der Waals surface area contributed by atoms with E-state index in [9.17, 15) is 17.9 Å². The van der Waals surface area contributed by atoms with Gasteiger partial charge >= 0.3 is 0 Å². The molecule has 1 aliphatic rings. The fourth-order valence-electron chi connectivity index (χ4n) is 3.04. The molecule has 2 heterocycles. The molecule has 1 N–H and O–H groups in total. The molecule has 8 nitrogen and oxygen atoms in total. The van der Waals surface area contributed by atoms with Crippen molar-refractivity contribution in [1.29, 1.82) is 0 Å². The number of aliphatic hydroxyl groups is 1. The number of nitrogens with zero attached hydrogens (tertiary/aromatic N) is 5. The van der Waals surface area contributed by atoms with Crippen molar-refractivity contribution in [3.8, 4) is 0 Å². The summed E-state index contributed by atoms with van der Waals surface area (Å²) in [5.41, 5.74) is 0. The zero-order valence-corrected chi connectivity index (χ0v) is 15.5. The normalized spacial score (nSPS) is 17.5. The van der Waals surface area contributed by atoms with Crippen LogP contribution in [-0.2, 0) is 16.6 Å². The van der Waals surface area contributed by atoms with Gasteiger partial charge in [-0.05, 0) is 38.1 Å². The molecule has 10 heteroatoms. The number of anilines is 1. The summed E-state index contributed by atoms with van der Waals surface area (Å²) in [7, 11) is -3.65. The van der Waals surface area contributed by atoms with Crippen molar-refractivity contribution in [1.82, 2.24) is 19.1 Å². The van der Waals surface area contributed by atoms with Gasteiger partial charge < -0.3 is 10.0 Å². The molecule has 3 rings (SSSR count). The summed E-state index contributed by atoms with van der Waals surface area (Å²) in [6.07, 6.45) is -0.726. The van der Waals surface area contributed by atoms with Gasteiger partial charge in [-0.1, -0.05) is 0 Å². The second kappa shape index (κ2) is 7.29. The minimum Gasteiger partial charge on any atom is -0.385 e. The lowest BCUT2D eigenvalue weighted by Crippen LogP contribution is -2.49. The number of piperazine rings is 1. The molecule has 0 aliphatic carbocycles. The van der Waals surface area contributed by atoms with E-state index in [4.69, 9.17) is 0 Å². The molecule has 0 spiro atoms. The highest BCUT2D eigenvalue weighted by molar-refractivity contribution is 7.89. The van der Waals surface area contributed by atoms with Crippen molar-refractivity contribution >= 4 is 16.0 Å². The van der Waals surface area contributed by atoms with Crippen molar-refractivity contribution < 1.29 is 17.9 Å². The molecule has 1 atom stereocenters. The third kappa shape index (κ3) is 3.44. The number of hydrogen-bond acceptors (Lipinski definition) is 6. The Morgan fingerprint density at radius 3 is 2.31 bits per heavy atom. The van der Waals surface area contributed by atoms with Gasteiger partial charge in [0.15, 0.2) is 5.82 Å². The number of rotatable bonds is 5. The van der Waals surface area contributed by atoms with Crippen LogP contribution < -0.4 is 4.90 Å². The van der Waals surface area contributed by atoms with Crippen molar-refractivity contribution in [2.24, 2.45) is 0 Å². The Bertz CT molecular complexity index is 859. The van der Waals surface area contributed by atoms with Crippen LogP contribution >= 0.6 is 0 Å². The molecule has 1 aromatic heterocycles. The lowest BCUT2D eigenvalue weighted by Gasteiger charge is -2.34. The van der Waals surface area contributed by atoms with E-state index in [0.29, 0.717) is 44.5 Å². The molecule has 26 heavy (non-hydrogen) atoms. The van der Waals surface area contributed by atoms with Crippen molar-refractivity contribution in [3.05, 3.63) is 35.9 Å². The minimum absolute atomic E-state index is 0.0838. The Morgan fingerprint density at radius 2 is 1.77 bits per heavy atom. The Morgan fingerprint density at radius 1 is 1.15 bits per heavy atom. The zero-order valence-electron chi connectivity index (χ0n) is 14.7. The average molecular weight is 383 g/mol. The van der Waals surface area contributed by atoms with Crippen molar-refractivity contribution in [3.63, 3.8) is 0 Å². The van der Waals surface area contributed by atoms with Gasteiger partial charge in [0.1, 0.15) is 11.9 Å². The zero-order chi connectivity index (χ0) is 18.9. The summed E-state index contributed by atoms with van der Waals surface area (Å²) in [5.74, 6) is 0.646. The van der Waals surface area contributed by atoms with Gasteiger partial charge in [0.2, 0.25) is 16.0 Å². The Balaban J connectivity index is 1.74. The highest BCUT2D eigenvalue weighted by atomic mass is 32.2. The van der Waals surface area contributed by atoms with Gasteiger partial charge in [0.05, 0.1) is 4.90 Å². The van der Waals surface area contributed by atoms with Crippen molar-refractivity contribution in [2.45, 2.75) is 31.4 Å². The Labute approximate surface area is 151 Å². The summed E-state index contributed by atoms with van der Waals surface area (Å²) in [5, 5.41) is 18.0. The smallest absolute Gasteiger partial charge is 0.243 e. The lowest BCUT2D eigenvalue weighted by molar-refractivity contribution is 0.183. The fraction of sp³-hybridized carbons (Fsp3) is 0.500. The largest absolute Gasteiger partial charge is 0.385 e. The van der Waals surface area contributed by atoms with Gasteiger partial charge in [-0.25, -0.2) is 12.8 Å². The number of aliphatic hydroxyl groups excluding tert-OH is 1. The molecule has 0 amide bonds. The van der Waals surface area contributed by atoms with Crippen LogP contribution in [-0.4, -0.2) is 58.8 Å². The SMILES string of the molecule is CCn1c(C(C)O)nnc1N1CCN(S(=O)(=O)c2ccc(F)cc2)CC1. The van der Waals surface area contributed by atoms with Crippen LogP contribution in [0.5, 0.6) is 0 Å². The summed E-state index contributed by atoms with van der Waals surface area (Å²) in [4.78, 5) is 2.04. The Hall–Kier alpha value is -2.04. The molecule has 0 bridgehead atoms. The molecule has 1 saturated heterocycles. The quantitative estimate of drug-likeness (QED) is 0.828. The fourth-order valence-corrected chi connectivity index (χ4v) is 4.46. The lowest BCUT2D eigenvalue weighted by atomic mass is 10.3. The molecule has 1 fully saturated rings. The van der Waals surface area contributed by atoms with Gasteiger partial charge in [-0.2, -0.15) is 4.31 Å². The maximum absolute atomic E-state index is 13.0. The highest BCUT2D eigenvalue weighted by Gasteiger charge is 2.30. The van der Waals surface area contributed by atoms with Crippen LogP contribution in [0.1, 0.15) is 25.8 Å². The average Bonchev–Trinajstić information content (AvgIpc) is 3.06. The number of halogens is 1. The van der Waals surface area contributed by atoms with Gasteiger partial charge in [0.25, 0.3) is 0 Å². The molecule has 0 radical (unpaired) electrons. The van der Waals surface area contributed by atoms with E-state index in [1.807, 2.05) is 16.4 Å². The molecule has 2 aromatic rings. The molecule has 1 aliphatic heterocycles. The predicted octanol–water partition coefficient (Wildman–Crippen LogP) is 1.00. The van der Waals surface area contributed by atoms with Gasteiger partial charge in [-0.15, -0.1) is 10.2 Å². The first kappa shape index (κ1) is 18.7. The predicted molar refractivity (Wildman–Crippen MR) is 93.7 cm³/mol. The van der Waals surface area contributed by atoms with Crippen LogP contribution in [0.2, 0.25) is 0 Å². The van der Waals surface area contributed by atoms with Crippen LogP contribution in [0.25, 0.3) is 0 Å². The second-order valence-corrected chi connectivity index (χ2v) is 8.06. The van der Waals surface area contributed by atoms with Crippen LogP contribution in [0, 0.1) is 5.82 Å². The molecular formula is C16H22FN5O3S. The second-order valence-electron chi connectivity index (χ2n) is 6.12. The van der Waals surface area contributed by atoms with E-state index in [-0.39, 0.29) is 4.90 Å². The first-order chi connectivity index (χ1) is 12.3. The third-order valence-electron chi connectivity index (χ3n) is 4.42. The van der Waals surface area contributed by atoms with E-state index in [2.05, 4.69) is 10.2 Å².